The molecule has 0 bridgehead atoms. The molecule has 0 aliphatic rings. The third kappa shape index (κ3) is 8.17. The first-order valence-corrected chi connectivity index (χ1v) is 13.2. The van der Waals surface area contributed by atoms with E-state index in [1.807, 2.05) is 0 Å². The molecule has 2 aromatic rings. The second kappa shape index (κ2) is 13.3. The van der Waals surface area contributed by atoms with Crippen molar-refractivity contribution >= 4 is 27.5 Å². The third-order valence-corrected chi connectivity index (χ3v) is 6.63. The summed E-state index contributed by atoms with van der Waals surface area (Å²) in [6.45, 7) is 2.43. The number of ketones is 2. The van der Waals surface area contributed by atoms with Gasteiger partial charge in [0.1, 0.15) is 5.75 Å². The van der Waals surface area contributed by atoms with Gasteiger partial charge in [-0.15, -0.1) is 0 Å². The number of alkyl halides is 17. The van der Waals surface area contributed by atoms with Gasteiger partial charge in [0.05, 0.1) is 5.56 Å². The summed E-state index contributed by atoms with van der Waals surface area (Å²) in [6.07, 6.45) is -37.1. The van der Waals surface area contributed by atoms with Crippen molar-refractivity contribution < 1.29 is 94.0 Å². The number of carbonyl (C=O) groups excluding carboxylic acids is 2. The van der Waals surface area contributed by atoms with E-state index in [0.717, 1.165) is 27.6 Å². The standard InChI is InChI=1S/C26H17BrF16O5/c1-3-13-5-4-6-14(9-13)10-17(45)15-7-8-16(12(2)44)18(11-15)46-26(42,43)21(27,31)48-25(40,41)20(30,23(35,36)37)47-24(38,39)19(28,29)22(32,33)34/h4-9,11H,3,10H2,1-2H3. The molecular formula is C26H17BrF16O5. The van der Waals surface area contributed by atoms with Gasteiger partial charge in [0.25, 0.3) is 0 Å². The minimum atomic E-state index is -7.91. The second-order valence-electron chi connectivity index (χ2n) is 9.58. The molecule has 22 heteroatoms. The Labute approximate surface area is 266 Å². The van der Waals surface area contributed by atoms with Gasteiger partial charge < -0.3 is 4.74 Å². The van der Waals surface area contributed by atoms with E-state index in [1.54, 1.807) is 29.9 Å². The molecule has 0 saturated heterocycles. The molecule has 0 amide bonds. The lowest BCUT2D eigenvalue weighted by molar-refractivity contribution is -0.545. The van der Waals surface area contributed by atoms with Gasteiger partial charge in [0.15, 0.2) is 11.6 Å². The summed E-state index contributed by atoms with van der Waals surface area (Å²) < 4.78 is 219. The number of ether oxygens (including phenoxy) is 3. The van der Waals surface area contributed by atoms with Gasteiger partial charge >= 0.3 is 47.2 Å². The fourth-order valence-electron chi connectivity index (χ4n) is 3.49. The highest BCUT2D eigenvalue weighted by Crippen LogP contribution is 2.57. The third-order valence-electron chi connectivity index (χ3n) is 6.01. The van der Waals surface area contributed by atoms with Crippen LogP contribution < -0.4 is 4.74 Å². The zero-order chi connectivity index (χ0) is 37.5. The van der Waals surface area contributed by atoms with Crippen LogP contribution in [0.15, 0.2) is 42.5 Å². The molecule has 0 aromatic heterocycles. The Balaban J connectivity index is 2.52. The summed E-state index contributed by atoms with van der Waals surface area (Å²) in [6, 6.07) is 8.10. The molecule has 0 heterocycles. The van der Waals surface area contributed by atoms with Crippen molar-refractivity contribution in [2.24, 2.45) is 0 Å². The lowest BCUT2D eigenvalue weighted by Gasteiger charge is -2.40. The second-order valence-corrected chi connectivity index (χ2v) is 10.6. The molecule has 5 nitrogen and oxygen atoms in total. The predicted molar refractivity (Wildman–Crippen MR) is 132 cm³/mol. The Hall–Kier alpha value is -3.14. The van der Waals surface area contributed by atoms with Crippen LogP contribution in [-0.4, -0.2) is 58.8 Å². The monoisotopic (exact) mass is 792 g/mol. The van der Waals surface area contributed by atoms with Crippen LogP contribution in [0.25, 0.3) is 0 Å². The number of aryl methyl sites for hydroxylation is 1. The van der Waals surface area contributed by atoms with Gasteiger partial charge in [-0.05, 0) is 52.5 Å². The number of hydrogen-bond donors (Lipinski definition) is 0. The number of rotatable bonds is 14. The number of halogens is 17. The maximum Gasteiger partial charge on any atom is 0.471 e. The first-order valence-electron chi connectivity index (χ1n) is 12.4. The molecule has 270 valence electrons. The van der Waals surface area contributed by atoms with Gasteiger partial charge in [0, 0.05) is 12.0 Å². The molecule has 0 aliphatic heterocycles. The SMILES string of the molecule is CCc1cccc(CC(=O)c2ccc(C(C)=O)c(OC(F)(F)C(F)(Br)OC(F)(F)C(F)(OC(F)(F)C(F)(F)C(F)(F)F)C(F)(F)F)c2)c1. The number of hydrogen-bond acceptors (Lipinski definition) is 5. The zero-order valence-corrected chi connectivity index (χ0v) is 25.0. The van der Waals surface area contributed by atoms with Crippen molar-refractivity contribution in [3.8, 4) is 5.75 Å². The van der Waals surface area contributed by atoms with E-state index in [-0.39, 0.29) is 0 Å². The first-order chi connectivity index (χ1) is 21.4. The van der Waals surface area contributed by atoms with Gasteiger partial charge in [-0.25, -0.2) is 0 Å². The van der Waals surface area contributed by atoms with Gasteiger partial charge in [-0.2, -0.15) is 70.2 Å². The zero-order valence-electron chi connectivity index (χ0n) is 23.4. The smallest absolute Gasteiger partial charge is 0.427 e. The Morgan fingerprint density at radius 2 is 1.23 bits per heavy atom. The van der Waals surface area contributed by atoms with Crippen molar-refractivity contribution in [1.29, 1.82) is 0 Å². The summed E-state index contributed by atoms with van der Waals surface area (Å²) in [5.74, 6) is -19.4. The van der Waals surface area contributed by atoms with Crippen LogP contribution >= 0.6 is 15.9 Å². The molecule has 2 atom stereocenters. The van der Waals surface area contributed by atoms with Crippen LogP contribution in [0.4, 0.5) is 70.2 Å². The molecule has 0 N–H and O–H groups in total. The largest absolute Gasteiger partial charge is 0.471 e. The van der Waals surface area contributed by atoms with Crippen LogP contribution in [-0.2, 0) is 22.3 Å². The molecule has 48 heavy (non-hydrogen) atoms. The molecule has 0 spiro atoms. The minimum absolute atomic E-state index is 0.315. The van der Waals surface area contributed by atoms with Crippen molar-refractivity contribution in [2.45, 2.75) is 73.9 Å². The topological polar surface area (TPSA) is 61.8 Å². The summed E-state index contributed by atoms with van der Waals surface area (Å²) in [7, 11) is 0. The van der Waals surface area contributed by atoms with E-state index in [9.17, 15) is 79.8 Å². The lowest BCUT2D eigenvalue weighted by atomic mass is 9.99. The van der Waals surface area contributed by atoms with Crippen LogP contribution in [0, 0.1) is 0 Å². The van der Waals surface area contributed by atoms with E-state index >= 15 is 0 Å². The average molecular weight is 793 g/mol. The highest BCUT2D eigenvalue weighted by atomic mass is 79.9. The van der Waals surface area contributed by atoms with Crippen molar-refractivity contribution in [2.75, 3.05) is 0 Å². The number of Topliss-reactive ketones (excluding diaryl/α,β-unsaturated/α-hetero) is 2. The van der Waals surface area contributed by atoms with E-state index in [1.165, 1.54) is 6.07 Å². The highest BCUT2D eigenvalue weighted by molar-refractivity contribution is 9.10. The minimum Gasteiger partial charge on any atom is -0.427 e. The fourth-order valence-corrected chi connectivity index (χ4v) is 3.77. The van der Waals surface area contributed by atoms with Crippen molar-refractivity contribution in [1.82, 2.24) is 0 Å². The number of carbonyl (C=O) groups is 2. The molecule has 0 saturated carbocycles. The van der Waals surface area contributed by atoms with Gasteiger partial charge in [-0.1, -0.05) is 37.3 Å². The van der Waals surface area contributed by atoms with Crippen LogP contribution in [0.3, 0.4) is 0 Å². The summed E-state index contributed by atoms with van der Waals surface area (Å²) in [5, 5.41) is 0. The Morgan fingerprint density at radius 3 is 1.71 bits per heavy atom. The van der Waals surface area contributed by atoms with Crippen molar-refractivity contribution in [3.05, 3.63) is 64.7 Å². The van der Waals surface area contributed by atoms with E-state index in [4.69, 9.17) is 0 Å². The van der Waals surface area contributed by atoms with E-state index in [0.29, 0.717) is 31.0 Å². The number of benzene rings is 2. The predicted octanol–water partition coefficient (Wildman–Crippen LogP) is 9.51. The summed E-state index contributed by atoms with van der Waals surface area (Å²) >= 11 is 0.973. The quantitative estimate of drug-likeness (QED) is 0.108. The van der Waals surface area contributed by atoms with Crippen LogP contribution in [0.2, 0.25) is 0 Å². The van der Waals surface area contributed by atoms with Crippen molar-refractivity contribution in [3.63, 3.8) is 0 Å². The molecule has 2 aromatic carbocycles. The first kappa shape index (κ1) is 41.0. The normalized spacial score (nSPS) is 16.2. The average Bonchev–Trinajstić information content (AvgIpc) is 2.90. The summed E-state index contributed by atoms with van der Waals surface area (Å²) in [5.41, 5.74) is -0.405. The lowest BCUT2D eigenvalue weighted by Crippen LogP contribution is -2.67. The van der Waals surface area contributed by atoms with Crippen LogP contribution in [0.1, 0.15) is 45.7 Å². The van der Waals surface area contributed by atoms with Gasteiger partial charge in [0.2, 0.25) is 0 Å². The molecule has 0 radical (unpaired) electrons. The Kier molecular flexibility index (Phi) is 11.4. The van der Waals surface area contributed by atoms with E-state index in [2.05, 4.69) is 9.47 Å². The van der Waals surface area contributed by atoms with Crippen LogP contribution in [0.5, 0.6) is 5.75 Å². The Bertz CT molecular complexity index is 1510. The highest BCUT2D eigenvalue weighted by Gasteiger charge is 2.85. The maximum absolute atomic E-state index is 14.9. The van der Waals surface area contributed by atoms with E-state index < -0.39 is 82.1 Å². The molecule has 2 unspecified atom stereocenters. The van der Waals surface area contributed by atoms with Gasteiger partial charge in [-0.3, -0.25) is 19.1 Å². The Morgan fingerprint density at radius 1 is 0.688 bits per heavy atom. The fraction of sp³-hybridized carbons (Fsp3) is 0.462. The molecule has 0 fully saturated rings. The molecular weight excluding hydrogens is 776 g/mol. The molecule has 2 rings (SSSR count). The summed E-state index contributed by atoms with van der Waals surface area (Å²) in [4.78, 5) is 24.7. The molecule has 0 aliphatic carbocycles. The maximum atomic E-state index is 14.9.